The van der Waals surface area contributed by atoms with E-state index in [1.54, 1.807) is 12.1 Å². The van der Waals surface area contributed by atoms with Crippen LogP contribution in [-0.4, -0.2) is 17.7 Å². The molecule has 2 rings (SSSR count). The maximum absolute atomic E-state index is 11.6. The predicted octanol–water partition coefficient (Wildman–Crippen LogP) is 3.00. The van der Waals surface area contributed by atoms with Crippen LogP contribution in [0.25, 0.3) is 0 Å². The lowest BCUT2D eigenvalue weighted by Gasteiger charge is -2.18. The van der Waals surface area contributed by atoms with Crippen LogP contribution < -0.4 is 10.1 Å². The molecule has 2 N–H and O–H groups in total. The molecule has 2 aromatic carbocycles. The summed E-state index contributed by atoms with van der Waals surface area (Å²) in [7, 11) is 0. The zero-order valence-corrected chi connectivity index (χ0v) is 12.0. The number of para-hydroxylation sites is 1. The third kappa shape index (κ3) is 4.07. The molecule has 0 aliphatic heterocycles. The Balaban J connectivity index is 2.17. The number of ether oxygens (including phenoxy) is 1. The predicted molar refractivity (Wildman–Crippen MR) is 81.3 cm³/mol. The van der Waals surface area contributed by atoms with E-state index in [2.05, 4.69) is 5.32 Å². The van der Waals surface area contributed by atoms with E-state index in [0.29, 0.717) is 24.5 Å². The van der Waals surface area contributed by atoms with E-state index in [0.717, 1.165) is 5.56 Å². The van der Waals surface area contributed by atoms with Gasteiger partial charge in [0.1, 0.15) is 11.8 Å². The molecule has 4 heteroatoms. The summed E-state index contributed by atoms with van der Waals surface area (Å²) >= 11 is 0. The molecular formula is C17H19NO3. The third-order valence-electron chi connectivity index (χ3n) is 3.13. The first kappa shape index (κ1) is 15.1. The highest BCUT2D eigenvalue weighted by Crippen LogP contribution is 2.25. The van der Waals surface area contributed by atoms with Gasteiger partial charge in [-0.3, -0.25) is 10.1 Å². The molecule has 0 aliphatic carbocycles. The Hall–Kier alpha value is -2.33. The summed E-state index contributed by atoms with van der Waals surface area (Å²) in [6.45, 7) is 2.87. The van der Waals surface area contributed by atoms with E-state index in [9.17, 15) is 9.90 Å². The molecule has 4 nitrogen and oxygen atoms in total. The Bertz CT molecular complexity index is 584. The lowest BCUT2D eigenvalue weighted by atomic mass is 10.1. The van der Waals surface area contributed by atoms with E-state index in [1.165, 1.54) is 0 Å². The Morgan fingerprint density at radius 2 is 1.81 bits per heavy atom. The van der Waals surface area contributed by atoms with Gasteiger partial charge in [0.15, 0.2) is 0 Å². The summed E-state index contributed by atoms with van der Waals surface area (Å²) in [5.74, 6) is -0.314. The molecule has 21 heavy (non-hydrogen) atoms. The fraction of sp³-hybridized carbons (Fsp3) is 0.235. The highest BCUT2D eigenvalue weighted by molar-refractivity contribution is 5.76. The molecule has 0 fully saturated rings. The molecule has 0 spiro atoms. The molecule has 1 unspecified atom stereocenters. The molecule has 0 amide bonds. The monoisotopic (exact) mass is 285 g/mol. The van der Waals surface area contributed by atoms with E-state index >= 15 is 0 Å². The third-order valence-corrected chi connectivity index (χ3v) is 3.13. The first-order valence-corrected chi connectivity index (χ1v) is 6.94. The van der Waals surface area contributed by atoms with Gasteiger partial charge < -0.3 is 9.84 Å². The van der Waals surface area contributed by atoms with E-state index in [4.69, 9.17) is 4.74 Å². The normalized spacial score (nSPS) is 11.9. The lowest BCUT2D eigenvalue weighted by Crippen LogP contribution is -2.28. The maximum atomic E-state index is 11.6. The van der Waals surface area contributed by atoms with Crippen molar-refractivity contribution in [1.82, 2.24) is 5.32 Å². The van der Waals surface area contributed by atoms with Gasteiger partial charge in [-0.05, 0) is 18.6 Å². The molecule has 2 aromatic rings. The van der Waals surface area contributed by atoms with Gasteiger partial charge in [0, 0.05) is 12.1 Å². The zero-order valence-electron chi connectivity index (χ0n) is 12.0. The summed E-state index contributed by atoms with van der Waals surface area (Å²) in [5, 5.41) is 12.6. The molecular weight excluding hydrogens is 266 g/mol. The smallest absolute Gasteiger partial charge is 0.325 e. The van der Waals surface area contributed by atoms with Crippen LogP contribution in [-0.2, 0) is 11.3 Å². The van der Waals surface area contributed by atoms with Crippen LogP contribution in [0.5, 0.6) is 5.75 Å². The zero-order chi connectivity index (χ0) is 15.1. The number of benzene rings is 2. The van der Waals surface area contributed by atoms with Gasteiger partial charge in [0.25, 0.3) is 0 Å². The van der Waals surface area contributed by atoms with Crippen molar-refractivity contribution in [1.29, 1.82) is 0 Å². The van der Waals surface area contributed by atoms with Crippen LogP contribution in [0.15, 0.2) is 54.6 Å². The molecule has 0 aromatic heterocycles. The summed E-state index contributed by atoms with van der Waals surface area (Å²) < 4.78 is 5.52. The number of carboxylic acids is 1. The van der Waals surface area contributed by atoms with Crippen LogP contribution in [0, 0.1) is 0 Å². The molecule has 0 bridgehead atoms. The van der Waals surface area contributed by atoms with Gasteiger partial charge in [0.05, 0.1) is 6.61 Å². The largest absolute Gasteiger partial charge is 0.494 e. The van der Waals surface area contributed by atoms with E-state index in [-0.39, 0.29) is 0 Å². The van der Waals surface area contributed by atoms with Crippen molar-refractivity contribution >= 4 is 5.97 Å². The summed E-state index contributed by atoms with van der Waals surface area (Å²) in [6, 6.07) is 16.1. The fourth-order valence-corrected chi connectivity index (χ4v) is 2.15. The van der Waals surface area contributed by atoms with Crippen molar-refractivity contribution in [3.8, 4) is 5.75 Å². The maximum Gasteiger partial charge on any atom is 0.325 e. The van der Waals surface area contributed by atoms with Crippen molar-refractivity contribution in [3.05, 3.63) is 65.7 Å². The number of hydrogen-bond donors (Lipinski definition) is 2. The second kappa shape index (κ2) is 7.45. The van der Waals surface area contributed by atoms with Crippen molar-refractivity contribution < 1.29 is 14.6 Å². The Labute approximate surface area is 124 Å². The van der Waals surface area contributed by atoms with Crippen molar-refractivity contribution in [2.75, 3.05) is 6.61 Å². The van der Waals surface area contributed by atoms with Crippen LogP contribution in [0.4, 0.5) is 0 Å². The molecule has 110 valence electrons. The average Bonchev–Trinajstić information content (AvgIpc) is 2.50. The minimum atomic E-state index is -0.918. The second-order valence-electron chi connectivity index (χ2n) is 4.61. The second-order valence-corrected chi connectivity index (χ2v) is 4.61. The van der Waals surface area contributed by atoms with Gasteiger partial charge in [-0.15, -0.1) is 0 Å². The highest BCUT2D eigenvalue weighted by atomic mass is 16.5. The van der Waals surface area contributed by atoms with E-state index < -0.39 is 12.0 Å². The van der Waals surface area contributed by atoms with Gasteiger partial charge in [-0.1, -0.05) is 48.5 Å². The summed E-state index contributed by atoms with van der Waals surface area (Å²) in [4.78, 5) is 11.6. The Morgan fingerprint density at radius 3 is 2.48 bits per heavy atom. The number of rotatable bonds is 7. The van der Waals surface area contributed by atoms with Crippen LogP contribution in [0.3, 0.4) is 0 Å². The Kier molecular flexibility index (Phi) is 5.35. The van der Waals surface area contributed by atoms with Crippen molar-refractivity contribution in [2.45, 2.75) is 19.5 Å². The minimum Gasteiger partial charge on any atom is -0.494 e. The van der Waals surface area contributed by atoms with Crippen molar-refractivity contribution in [3.63, 3.8) is 0 Å². The number of hydrogen-bond acceptors (Lipinski definition) is 3. The molecule has 1 atom stereocenters. The van der Waals surface area contributed by atoms with Gasteiger partial charge in [-0.2, -0.15) is 0 Å². The van der Waals surface area contributed by atoms with Crippen LogP contribution in [0.1, 0.15) is 24.1 Å². The number of aliphatic carboxylic acids is 1. The SMILES string of the molecule is CCOc1ccccc1C(NCc1ccccc1)C(=O)O. The fourth-order valence-electron chi connectivity index (χ4n) is 2.15. The number of carboxylic acid groups (broad SMARTS) is 1. The highest BCUT2D eigenvalue weighted by Gasteiger charge is 2.22. The first-order chi connectivity index (χ1) is 10.2. The number of nitrogens with one attached hydrogen (secondary N) is 1. The van der Waals surface area contributed by atoms with Crippen LogP contribution in [0.2, 0.25) is 0 Å². The van der Waals surface area contributed by atoms with Crippen LogP contribution >= 0.6 is 0 Å². The molecule has 0 saturated carbocycles. The summed E-state index contributed by atoms with van der Waals surface area (Å²) in [6.07, 6.45) is 0. The molecule has 0 saturated heterocycles. The Morgan fingerprint density at radius 1 is 1.14 bits per heavy atom. The molecule has 0 aliphatic rings. The van der Waals surface area contributed by atoms with E-state index in [1.807, 2.05) is 49.4 Å². The minimum absolute atomic E-state index is 0.484. The molecule has 0 radical (unpaired) electrons. The summed E-state index contributed by atoms with van der Waals surface area (Å²) in [5.41, 5.74) is 1.68. The lowest BCUT2D eigenvalue weighted by molar-refractivity contribution is -0.139. The first-order valence-electron chi connectivity index (χ1n) is 6.94. The quantitative estimate of drug-likeness (QED) is 0.821. The standard InChI is InChI=1S/C17H19NO3/c1-2-21-15-11-7-6-10-14(15)16(17(19)20)18-12-13-8-4-3-5-9-13/h3-11,16,18H,2,12H2,1H3,(H,19,20). The van der Waals surface area contributed by atoms with Gasteiger partial charge in [-0.25, -0.2) is 0 Å². The average molecular weight is 285 g/mol. The topological polar surface area (TPSA) is 58.6 Å². The van der Waals surface area contributed by atoms with Gasteiger partial charge in [0.2, 0.25) is 0 Å². The number of carbonyl (C=O) groups is 1. The van der Waals surface area contributed by atoms with Crippen molar-refractivity contribution in [2.24, 2.45) is 0 Å². The van der Waals surface area contributed by atoms with Gasteiger partial charge >= 0.3 is 5.97 Å². The molecule has 0 heterocycles.